The average molecular weight is 280 g/mol. The van der Waals surface area contributed by atoms with Crippen molar-refractivity contribution in [1.29, 1.82) is 0 Å². The molecule has 2 heteroatoms. The monoisotopic (exact) mass is 279 g/mol. The molecule has 1 atom stereocenters. The molecule has 16 heavy (non-hydrogen) atoms. The van der Waals surface area contributed by atoms with Crippen LogP contribution in [-0.2, 0) is 0 Å². The highest BCUT2D eigenvalue weighted by Crippen LogP contribution is 2.26. The standard InChI is InChI=1S/C14H18BrN/c1-4-6-14(16-9-5-2)12-10-11(3)7-8-13(12)15/h1,7-8,10,14,16H,5-6,9H2,2-3H3. The van der Waals surface area contributed by atoms with Crippen molar-refractivity contribution in [3.63, 3.8) is 0 Å². The van der Waals surface area contributed by atoms with Gasteiger partial charge in [-0.2, -0.15) is 0 Å². The lowest BCUT2D eigenvalue weighted by molar-refractivity contribution is 0.540. The van der Waals surface area contributed by atoms with Crippen LogP contribution >= 0.6 is 15.9 Å². The number of nitrogens with one attached hydrogen (secondary N) is 1. The van der Waals surface area contributed by atoms with Crippen LogP contribution < -0.4 is 5.32 Å². The van der Waals surface area contributed by atoms with Gasteiger partial charge in [0.25, 0.3) is 0 Å². The normalized spacial score (nSPS) is 12.1. The highest BCUT2D eigenvalue weighted by molar-refractivity contribution is 9.10. The minimum absolute atomic E-state index is 0.249. The van der Waals surface area contributed by atoms with Crippen LogP contribution in [0.15, 0.2) is 22.7 Å². The van der Waals surface area contributed by atoms with Gasteiger partial charge in [-0.1, -0.05) is 40.5 Å². The molecule has 1 N–H and O–H groups in total. The van der Waals surface area contributed by atoms with Crippen LogP contribution in [-0.4, -0.2) is 6.54 Å². The summed E-state index contributed by atoms with van der Waals surface area (Å²) in [6, 6.07) is 6.62. The predicted octanol–water partition coefficient (Wildman–Crippen LogP) is 3.82. The Morgan fingerprint density at radius 2 is 2.25 bits per heavy atom. The molecule has 0 saturated heterocycles. The second-order valence-corrected chi connectivity index (χ2v) is 4.79. The van der Waals surface area contributed by atoms with Crippen molar-refractivity contribution < 1.29 is 0 Å². The minimum Gasteiger partial charge on any atom is -0.309 e. The number of hydrogen-bond acceptors (Lipinski definition) is 1. The molecule has 1 nitrogen and oxygen atoms in total. The van der Waals surface area contributed by atoms with Gasteiger partial charge in [0.2, 0.25) is 0 Å². The molecule has 1 aromatic carbocycles. The van der Waals surface area contributed by atoms with E-state index < -0.39 is 0 Å². The Morgan fingerprint density at radius 3 is 2.88 bits per heavy atom. The van der Waals surface area contributed by atoms with Crippen LogP contribution in [0.3, 0.4) is 0 Å². The van der Waals surface area contributed by atoms with Crippen LogP contribution in [0.4, 0.5) is 0 Å². The first-order valence-electron chi connectivity index (χ1n) is 5.62. The van der Waals surface area contributed by atoms with Crippen molar-refractivity contribution in [2.75, 3.05) is 6.54 Å². The van der Waals surface area contributed by atoms with Gasteiger partial charge in [-0.25, -0.2) is 0 Å². The second-order valence-electron chi connectivity index (χ2n) is 3.94. The third kappa shape index (κ3) is 3.66. The maximum atomic E-state index is 5.42. The molecule has 0 saturated carbocycles. The molecule has 0 aliphatic heterocycles. The summed E-state index contributed by atoms with van der Waals surface area (Å²) in [5.74, 6) is 2.74. The maximum absolute atomic E-state index is 5.42. The van der Waals surface area contributed by atoms with E-state index in [4.69, 9.17) is 6.42 Å². The molecule has 0 aliphatic carbocycles. The van der Waals surface area contributed by atoms with Gasteiger partial charge in [-0.3, -0.25) is 0 Å². The minimum atomic E-state index is 0.249. The van der Waals surface area contributed by atoms with Crippen molar-refractivity contribution >= 4 is 15.9 Å². The molecule has 0 heterocycles. The molecule has 0 radical (unpaired) electrons. The first-order valence-corrected chi connectivity index (χ1v) is 6.41. The van der Waals surface area contributed by atoms with Gasteiger partial charge < -0.3 is 5.32 Å². The Hall–Kier alpha value is -0.780. The number of terminal acetylenes is 1. The maximum Gasteiger partial charge on any atom is 0.0442 e. The summed E-state index contributed by atoms with van der Waals surface area (Å²) in [6.07, 6.45) is 7.26. The highest BCUT2D eigenvalue weighted by Gasteiger charge is 2.12. The highest BCUT2D eigenvalue weighted by atomic mass is 79.9. The fourth-order valence-corrected chi connectivity index (χ4v) is 2.18. The number of halogens is 1. The molecule has 0 fully saturated rings. The van der Waals surface area contributed by atoms with Crippen LogP contribution in [0, 0.1) is 19.3 Å². The lowest BCUT2D eigenvalue weighted by atomic mass is 10.0. The molecular formula is C14H18BrN. The fourth-order valence-electron chi connectivity index (χ4n) is 1.66. The molecule has 1 unspecified atom stereocenters. The summed E-state index contributed by atoms with van der Waals surface area (Å²) >= 11 is 3.58. The largest absolute Gasteiger partial charge is 0.309 e. The summed E-state index contributed by atoms with van der Waals surface area (Å²) in [6.45, 7) is 5.25. The first-order chi connectivity index (χ1) is 7.69. The van der Waals surface area contributed by atoms with E-state index >= 15 is 0 Å². The van der Waals surface area contributed by atoms with Gasteiger partial charge in [0.1, 0.15) is 0 Å². The fraction of sp³-hybridized carbons (Fsp3) is 0.429. The van der Waals surface area contributed by atoms with Gasteiger partial charge in [0, 0.05) is 16.9 Å². The first kappa shape index (κ1) is 13.3. The topological polar surface area (TPSA) is 12.0 Å². The summed E-state index contributed by atoms with van der Waals surface area (Å²) in [5, 5.41) is 3.48. The van der Waals surface area contributed by atoms with E-state index in [0.29, 0.717) is 0 Å². The van der Waals surface area contributed by atoms with Crippen molar-refractivity contribution in [2.24, 2.45) is 0 Å². The zero-order valence-corrected chi connectivity index (χ0v) is 11.5. The summed E-state index contributed by atoms with van der Waals surface area (Å²) in [7, 11) is 0. The Labute approximate surface area is 107 Å². The van der Waals surface area contributed by atoms with Crippen molar-refractivity contribution in [1.82, 2.24) is 5.32 Å². The van der Waals surface area contributed by atoms with Crippen molar-refractivity contribution in [2.45, 2.75) is 32.7 Å². The molecule has 0 aliphatic rings. The molecule has 86 valence electrons. The van der Waals surface area contributed by atoms with Crippen molar-refractivity contribution in [3.05, 3.63) is 33.8 Å². The van der Waals surface area contributed by atoms with E-state index in [2.05, 4.69) is 59.2 Å². The SMILES string of the molecule is C#CCC(NCCC)c1cc(C)ccc1Br. The van der Waals surface area contributed by atoms with E-state index in [1.807, 2.05) is 0 Å². The summed E-state index contributed by atoms with van der Waals surface area (Å²) in [4.78, 5) is 0. The molecular weight excluding hydrogens is 262 g/mol. The van der Waals surface area contributed by atoms with Crippen LogP contribution in [0.5, 0.6) is 0 Å². The zero-order chi connectivity index (χ0) is 12.0. The quantitative estimate of drug-likeness (QED) is 0.808. The molecule has 1 aromatic rings. The smallest absolute Gasteiger partial charge is 0.0442 e. The van der Waals surface area contributed by atoms with E-state index in [1.54, 1.807) is 0 Å². The number of benzene rings is 1. The Bertz CT molecular complexity index is 379. The number of rotatable bonds is 5. The van der Waals surface area contributed by atoms with E-state index in [1.165, 1.54) is 11.1 Å². The second kappa shape index (κ2) is 6.73. The zero-order valence-electron chi connectivity index (χ0n) is 9.89. The Kier molecular flexibility index (Phi) is 5.59. The van der Waals surface area contributed by atoms with Crippen molar-refractivity contribution in [3.8, 4) is 12.3 Å². The molecule has 0 amide bonds. The van der Waals surface area contributed by atoms with Gasteiger partial charge in [-0.15, -0.1) is 12.3 Å². The predicted molar refractivity (Wildman–Crippen MR) is 73.4 cm³/mol. The lowest BCUT2D eigenvalue weighted by Crippen LogP contribution is -2.22. The van der Waals surface area contributed by atoms with Gasteiger partial charge in [-0.05, 0) is 31.5 Å². The lowest BCUT2D eigenvalue weighted by Gasteiger charge is -2.18. The molecule has 0 bridgehead atoms. The third-order valence-electron chi connectivity index (χ3n) is 2.49. The van der Waals surface area contributed by atoms with Gasteiger partial charge >= 0.3 is 0 Å². The summed E-state index contributed by atoms with van der Waals surface area (Å²) < 4.78 is 1.13. The summed E-state index contributed by atoms with van der Waals surface area (Å²) in [5.41, 5.74) is 2.52. The third-order valence-corrected chi connectivity index (χ3v) is 3.21. The molecule has 0 spiro atoms. The van der Waals surface area contributed by atoms with Gasteiger partial charge in [0.15, 0.2) is 0 Å². The van der Waals surface area contributed by atoms with E-state index in [0.717, 1.165) is 23.9 Å². The number of hydrogen-bond donors (Lipinski definition) is 1. The Balaban J connectivity index is 2.91. The molecule has 0 aromatic heterocycles. The number of aryl methyl sites for hydroxylation is 1. The average Bonchev–Trinajstić information content (AvgIpc) is 2.28. The van der Waals surface area contributed by atoms with E-state index in [-0.39, 0.29) is 6.04 Å². The van der Waals surface area contributed by atoms with Gasteiger partial charge in [0.05, 0.1) is 0 Å². The Morgan fingerprint density at radius 1 is 1.50 bits per heavy atom. The van der Waals surface area contributed by atoms with E-state index in [9.17, 15) is 0 Å². The molecule has 1 rings (SSSR count). The van der Waals surface area contributed by atoms with Crippen LogP contribution in [0.1, 0.15) is 36.9 Å². The van der Waals surface area contributed by atoms with Crippen LogP contribution in [0.2, 0.25) is 0 Å². The van der Waals surface area contributed by atoms with Crippen LogP contribution in [0.25, 0.3) is 0 Å².